The summed E-state index contributed by atoms with van der Waals surface area (Å²) in [5.41, 5.74) is 11.7. The van der Waals surface area contributed by atoms with Crippen LogP contribution < -0.4 is 21.3 Å². The number of benzene rings is 1. The maximum Gasteiger partial charge on any atom is 0.315 e. The Balaban J connectivity index is 1.59. The van der Waals surface area contributed by atoms with Crippen LogP contribution in [0.2, 0.25) is 0 Å². The van der Waals surface area contributed by atoms with Crippen LogP contribution in [0.25, 0.3) is 0 Å². The van der Waals surface area contributed by atoms with Crippen molar-refractivity contribution in [1.82, 2.24) is 10.3 Å². The van der Waals surface area contributed by atoms with E-state index in [9.17, 15) is 9.59 Å². The summed E-state index contributed by atoms with van der Waals surface area (Å²) in [6.07, 6.45) is 2.81. The molecule has 1 aliphatic carbocycles. The highest BCUT2D eigenvalue weighted by Gasteiger charge is 2.54. The highest BCUT2D eigenvalue weighted by molar-refractivity contribution is 5.88. The molecule has 7 heteroatoms. The first-order chi connectivity index (χ1) is 10.5. The van der Waals surface area contributed by atoms with Crippen LogP contribution in [0.3, 0.4) is 0 Å². The number of carbonyl (C=O) groups is 2. The van der Waals surface area contributed by atoms with Gasteiger partial charge in [-0.25, -0.2) is 4.79 Å². The molecule has 1 spiro atoms. The molecule has 1 aromatic rings. The van der Waals surface area contributed by atoms with Gasteiger partial charge in [-0.2, -0.15) is 0 Å². The third kappa shape index (κ3) is 2.79. The molecule has 1 saturated heterocycles. The van der Waals surface area contributed by atoms with Crippen molar-refractivity contribution in [3.05, 3.63) is 24.3 Å². The Labute approximate surface area is 128 Å². The molecule has 1 aromatic carbocycles. The van der Waals surface area contributed by atoms with Crippen molar-refractivity contribution in [2.45, 2.75) is 25.3 Å². The van der Waals surface area contributed by atoms with Gasteiger partial charge in [-0.1, -0.05) is 0 Å². The normalized spacial score (nSPS) is 21.5. The van der Waals surface area contributed by atoms with Crippen LogP contribution in [-0.2, 0) is 4.79 Å². The van der Waals surface area contributed by atoms with Gasteiger partial charge in [0.25, 0.3) is 5.91 Å². The number of hydrazine groups is 1. The largest absolute Gasteiger partial charge is 0.497 e. The summed E-state index contributed by atoms with van der Waals surface area (Å²) < 4.78 is 5.07. The van der Waals surface area contributed by atoms with Crippen molar-refractivity contribution in [3.8, 4) is 5.75 Å². The van der Waals surface area contributed by atoms with E-state index in [4.69, 9.17) is 10.5 Å². The summed E-state index contributed by atoms with van der Waals surface area (Å²) in [4.78, 5) is 25.3. The molecule has 0 radical (unpaired) electrons. The summed E-state index contributed by atoms with van der Waals surface area (Å²) in [5.74, 6) is 0.502. The molecule has 2 fully saturated rings. The Hall–Kier alpha value is -2.44. The third-order valence-electron chi connectivity index (χ3n) is 4.47. The lowest BCUT2D eigenvalue weighted by Gasteiger charge is -2.22. The van der Waals surface area contributed by atoms with Crippen LogP contribution in [-0.4, -0.2) is 36.5 Å². The van der Waals surface area contributed by atoms with Crippen molar-refractivity contribution < 1.29 is 14.3 Å². The highest BCUT2D eigenvalue weighted by atomic mass is 16.5. The molecule has 7 nitrogen and oxygen atoms in total. The fourth-order valence-electron chi connectivity index (χ4n) is 2.95. The number of anilines is 1. The minimum Gasteiger partial charge on any atom is -0.497 e. The van der Waals surface area contributed by atoms with E-state index in [0.717, 1.165) is 24.3 Å². The van der Waals surface area contributed by atoms with Gasteiger partial charge < -0.3 is 15.4 Å². The SMILES string of the molecule is COc1ccc(NNC(=O)C2CC3(CC3)CN2C(N)=O)cc1. The van der Waals surface area contributed by atoms with Crippen LogP contribution in [0.15, 0.2) is 24.3 Å². The smallest absolute Gasteiger partial charge is 0.315 e. The molecule has 1 atom stereocenters. The fourth-order valence-corrected chi connectivity index (χ4v) is 2.95. The Morgan fingerprint density at radius 2 is 2.00 bits per heavy atom. The molecule has 1 saturated carbocycles. The van der Waals surface area contributed by atoms with Crippen LogP contribution in [0, 0.1) is 5.41 Å². The topological polar surface area (TPSA) is 96.7 Å². The lowest BCUT2D eigenvalue weighted by atomic mass is 10.0. The number of likely N-dealkylation sites (tertiary alicyclic amines) is 1. The number of urea groups is 1. The molecule has 2 aliphatic rings. The van der Waals surface area contributed by atoms with Crippen molar-refractivity contribution in [1.29, 1.82) is 0 Å². The van der Waals surface area contributed by atoms with E-state index in [1.807, 2.05) is 0 Å². The molecule has 3 amide bonds. The summed E-state index contributed by atoms with van der Waals surface area (Å²) in [7, 11) is 1.59. The van der Waals surface area contributed by atoms with E-state index < -0.39 is 12.1 Å². The lowest BCUT2D eigenvalue weighted by Crippen LogP contribution is -2.49. The molecular formula is C15H20N4O3. The number of hydrogen-bond acceptors (Lipinski definition) is 4. The van der Waals surface area contributed by atoms with Gasteiger partial charge in [0, 0.05) is 6.54 Å². The standard InChI is InChI=1S/C15H20N4O3/c1-22-11-4-2-10(3-5-11)17-18-13(20)12-8-15(6-7-15)9-19(12)14(16)21/h2-5,12,17H,6-9H2,1H3,(H2,16,21)(H,18,20). The Morgan fingerprint density at radius 1 is 1.32 bits per heavy atom. The molecule has 0 bridgehead atoms. The lowest BCUT2D eigenvalue weighted by molar-refractivity contribution is -0.124. The van der Waals surface area contributed by atoms with E-state index >= 15 is 0 Å². The maximum atomic E-state index is 12.3. The molecular weight excluding hydrogens is 284 g/mol. The van der Waals surface area contributed by atoms with Gasteiger partial charge in [-0.05, 0) is 48.9 Å². The number of nitrogens with one attached hydrogen (secondary N) is 2. The van der Waals surface area contributed by atoms with Gasteiger partial charge in [-0.3, -0.25) is 15.6 Å². The molecule has 1 aliphatic heterocycles. The summed E-state index contributed by atoms with van der Waals surface area (Å²) >= 11 is 0. The molecule has 118 valence electrons. The van der Waals surface area contributed by atoms with Gasteiger partial charge in [0.2, 0.25) is 0 Å². The zero-order valence-electron chi connectivity index (χ0n) is 12.5. The fraction of sp³-hybridized carbons (Fsp3) is 0.467. The molecule has 4 N–H and O–H groups in total. The van der Waals surface area contributed by atoms with E-state index in [1.54, 1.807) is 31.4 Å². The summed E-state index contributed by atoms with van der Waals surface area (Å²) in [6.45, 7) is 0.586. The van der Waals surface area contributed by atoms with Gasteiger partial charge in [-0.15, -0.1) is 0 Å². The predicted molar refractivity (Wildman–Crippen MR) is 81.1 cm³/mol. The average Bonchev–Trinajstić information content (AvgIpc) is 3.15. The van der Waals surface area contributed by atoms with Gasteiger partial charge in [0.05, 0.1) is 12.8 Å². The van der Waals surface area contributed by atoms with Crippen molar-refractivity contribution >= 4 is 17.6 Å². The number of methoxy groups -OCH3 is 1. The van der Waals surface area contributed by atoms with Crippen molar-refractivity contribution in [3.63, 3.8) is 0 Å². The van der Waals surface area contributed by atoms with E-state index in [1.165, 1.54) is 4.90 Å². The highest BCUT2D eigenvalue weighted by Crippen LogP contribution is 2.54. The number of nitrogens with zero attached hydrogens (tertiary/aromatic N) is 1. The Kier molecular flexibility index (Phi) is 3.56. The number of amides is 3. The number of hydrogen-bond donors (Lipinski definition) is 3. The van der Waals surface area contributed by atoms with Crippen molar-refractivity contribution in [2.75, 3.05) is 19.1 Å². The number of primary amides is 1. The van der Waals surface area contributed by atoms with Crippen LogP contribution in [0.5, 0.6) is 5.75 Å². The monoisotopic (exact) mass is 304 g/mol. The van der Waals surface area contributed by atoms with Crippen LogP contribution in [0.1, 0.15) is 19.3 Å². The number of ether oxygens (including phenoxy) is 1. The van der Waals surface area contributed by atoms with Gasteiger partial charge >= 0.3 is 6.03 Å². The summed E-state index contributed by atoms with van der Waals surface area (Å²) in [6, 6.07) is 6.14. The average molecular weight is 304 g/mol. The number of nitrogens with two attached hydrogens (primary N) is 1. The first kappa shape index (κ1) is 14.5. The second kappa shape index (κ2) is 5.40. The molecule has 1 heterocycles. The zero-order valence-corrected chi connectivity index (χ0v) is 12.5. The van der Waals surface area contributed by atoms with E-state index in [-0.39, 0.29) is 11.3 Å². The van der Waals surface area contributed by atoms with Crippen LogP contribution >= 0.6 is 0 Å². The first-order valence-electron chi connectivity index (χ1n) is 7.29. The second-order valence-electron chi connectivity index (χ2n) is 6.03. The van der Waals surface area contributed by atoms with Gasteiger partial charge in [0.15, 0.2) is 0 Å². The minimum absolute atomic E-state index is 0.122. The van der Waals surface area contributed by atoms with E-state index in [2.05, 4.69) is 10.9 Å². The maximum absolute atomic E-state index is 12.3. The molecule has 0 aromatic heterocycles. The molecule has 3 rings (SSSR count). The second-order valence-corrected chi connectivity index (χ2v) is 6.03. The van der Waals surface area contributed by atoms with E-state index in [0.29, 0.717) is 13.0 Å². The number of carbonyl (C=O) groups excluding carboxylic acids is 2. The minimum atomic E-state index is -0.534. The summed E-state index contributed by atoms with van der Waals surface area (Å²) in [5, 5.41) is 0. The Bertz CT molecular complexity index is 583. The third-order valence-corrected chi connectivity index (χ3v) is 4.47. The predicted octanol–water partition coefficient (Wildman–Crippen LogP) is 1.07. The zero-order chi connectivity index (χ0) is 15.7. The Morgan fingerprint density at radius 3 is 2.55 bits per heavy atom. The van der Waals surface area contributed by atoms with Crippen LogP contribution in [0.4, 0.5) is 10.5 Å². The van der Waals surface area contributed by atoms with Crippen molar-refractivity contribution in [2.24, 2.45) is 11.1 Å². The molecule has 1 unspecified atom stereocenters. The number of rotatable bonds is 4. The van der Waals surface area contributed by atoms with Gasteiger partial charge in [0.1, 0.15) is 11.8 Å². The quantitative estimate of drug-likeness (QED) is 0.725. The first-order valence-corrected chi connectivity index (χ1v) is 7.29. The molecule has 22 heavy (non-hydrogen) atoms.